The molecule has 17 heavy (non-hydrogen) atoms. The molecule has 1 aromatic rings. The zero-order valence-corrected chi connectivity index (χ0v) is 10.1. The van der Waals surface area contributed by atoms with Gasteiger partial charge in [0.15, 0.2) is 0 Å². The van der Waals surface area contributed by atoms with Crippen LogP contribution in [0.2, 0.25) is 0 Å². The second-order valence-corrected chi connectivity index (χ2v) is 5.12. The maximum atomic E-state index is 10.7. The first-order valence-electron chi connectivity index (χ1n) is 5.66. The summed E-state index contributed by atoms with van der Waals surface area (Å²) in [5.41, 5.74) is 7.47. The predicted molar refractivity (Wildman–Crippen MR) is 64.0 cm³/mol. The summed E-state index contributed by atoms with van der Waals surface area (Å²) in [5, 5.41) is 8.76. The Morgan fingerprint density at radius 1 is 1.59 bits per heavy atom. The number of carboxylic acids is 1. The van der Waals surface area contributed by atoms with Gasteiger partial charge in [-0.3, -0.25) is 4.79 Å². The van der Waals surface area contributed by atoms with Crippen molar-refractivity contribution < 1.29 is 14.6 Å². The molecule has 0 radical (unpaired) electrons. The number of carboxylic acid groups (broad SMARTS) is 1. The van der Waals surface area contributed by atoms with Crippen LogP contribution in [-0.4, -0.2) is 16.7 Å². The Bertz CT molecular complexity index is 454. The van der Waals surface area contributed by atoms with Gasteiger partial charge in [0.2, 0.25) is 0 Å². The molecule has 0 aromatic heterocycles. The molecule has 0 aliphatic carbocycles. The lowest BCUT2D eigenvalue weighted by Gasteiger charge is -2.36. The SMILES string of the molecule is CC1(C)CC(N)c2ccc(CC(=O)O)cc2O1. The highest BCUT2D eigenvalue weighted by Gasteiger charge is 2.31. The number of fused-ring (bicyclic) bond motifs is 1. The van der Waals surface area contributed by atoms with Crippen LogP contribution < -0.4 is 10.5 Å². The first-order chi connectivity index (χ1) is 7.87. The number of ether oxygens (including phenoxy) is 1. The van der Waals surface area contributed by atoms with E-state index in [2.05, 4.69) is 0 Å². The molecular weight excluding hydrogens is 218 g/mol. The normalized spacial score (nSPS) is 21.5. The van der Waals surface area contributed by atoms with Gasteiger partial charge in [-0.2, -0.15) is 0 Å². The maximum Gasteiger partial charge on any atom is 0.307 e. The fourth-order valence-corrected chi connectivity index (χ4v) is 2.24. The minimum absolute atomic E-state index is 0.00626. The largest absolute Gasteiger partial charge is 0.487 e. The van der Waals surface area contributed by atoms with Crippen LogP contribution in [0.25, 0.3) is 0 Å². The molecule has 1 heterocycles. The molecular formula is C13H17NO3. The van der Waals surface area contributed by atoms with E-state index in [1.54, 1.807) is 12.1 Å². The fraction of sp³-hybridized carbons (Fsp3) is 0.462. The highest BCUT2D eigenvalue weighted by molar-refractivity contribution is 5.70. The lowest BCUT2D eigenvalue weighted by molar-refractivity contribution is -0.136. The minimum Gasteiger partial charge on any atom is -0.487 e. The Morgan fingerprint density at radius 3 is 2.94 bits per heavy atom. The van der Waals surface area contributed by atoms with E-state index in [9.17, 15) is 4.79 Å². The van der Waals surface area contributed by atoms with E-state index in [4.69, 9.17) is 15.6 Å². The van der Waals surface area contributed by atoms with Crippen LogP contribution in [0.4, 0.5) is 0 Å². The van der Waals surface area contributed by atoms with E-state index in [-0.39, 0.29) is 18.1 Å². The molecule has 0 amide bonds. The van der Waals surface area contributed by atoms with Gasteiger partial charge in [0, 0.05) is 18.0 Å². The summed E-state index contributed by atoms with van der Waals surface area (Å²) in [5.74, 6) is -0.128. The third kappa shape index (κ3) is 2.58. The van der Waals surface area contributed by atoms with Gasteiger partial charge in [-0.15, -0.1) is 0 Å². The zero-order chi connectivity index (χ0) is 12.6. The summed E-state index contributed by atoms with van der Waals surface area (Å²) in [6.07, 6.45) is 0.768. The Morgan fingerprint density at radius 2 is 2.29 bits per heavy atom. The van der Waals surface area contributed by atoms with Gasteiger partial charge in [-0.1, -0.05) is 12.1 Å². The van der Waals surface area contributed by atoms with Crippen molar-refractivity contribution in [1.29, 1.82) is 0 Å². The molecule has 4 nitrogen and oxygen atoms in total. The zero-order valence-electron chi connectivity index (χ0n) is 10.1. The van der Waals surface area contributed by atoms with Crippen molar-refractivity contribution in [2.75, 3.05) is 0 Å². The number of rotatable bonds is 2. The van der Waals surface area contributed by atoms with Crippen molar-refractivity contribution in [3.63, 3.8) is 0 Å². The molecule has 1 unspecified atom stereocenters. The lowest BCUT2D eigenvalue weighted by Crippen LogP contribution is -2.37. The van der Waals surface area contributed by atoms with Crippen molar-refractivity contribution in [3.05, 3.63) is 29.3 Å². The van der Waals surface area contributed by atoms with Gasteiger partial charge in [0.05, 0.1) is 6.42 Å². The molecule has 1 aliphatic rings. The molecule has 2 rings (SSSR count). The molecule has 0 bridgehead atoms. The number of hydrogen-bond acceptors (Lipinski definition) is 3. The van der Waals surface area contributed by atoms with Crippen LogP contribution in [0, 0.1) is 0 Å². The van der Waals surface area contributed by atoms with E-state index >= 15 is 0 Å². The third-order valence-corrected chi connectivity index (χ3v) is 2.93. The first kappa shape index (κ1) is 11.9. The van der Waals surface area contributed by atoms with E-state index < -0.39 is 5.97 Å². The number of carbonyl (C=O) groups is 1. The summed E-state index contributed by atoms with van der Waals surface area (Å²) in [6, 6.07) is 5.40. The van der Waals surface area contributed by atoms with Gasteiger partial charge in [0.25, 0.3) is 0 Å². The molecule has 0 fully saturated rings. The Hall–Kier alpha value is -1.55. The molecule has 92 valence electrons. The molecule has 1 aromatic carbocycles. The van der Waals surface area contributed by atoms with Gasteiger partial charge in [-0.05, 0) is 25.5 Å². The molecule has 4 heteroatoms. The number of benzene rings is 1. The van der Waals surface area contributed by atoms with Gasteiger partial charge in [0.1, 0.15) is 11.4 Å². The Labute approximate surface area is 100 Å². The second kappa shape index (κ2) is 4.04. The molecule has 3 N–H and O–H groups in total. The van der Waals surface area contributed by atoms with Crippen molar-refractivity contribution in [3.8, 4) is 5.75 Å². The predicted octanol–water partition coefficient (Wildman–Crippen LogP) is 1.87. The highest BCUT2D eigenvalue weighted by atomic mass is 16.5. The number of aliphatic carboxylic acids is 1. The number of nitrogens with two attached hydrogens (primary N) is 1. The highest BCUT2D eigenvalue weighted by Crippen LogP contribution is 2.38. The van der Waals surface area contributed by atoms with E-state index in [1.165, 1.54) is 0 Å². The molecule has 1 atom stereocenters. The van der Waals surface area contributed by atoms with Gasteiger partial charge < -0.3 is 15.6 Å². The van der Waals surface area contributed by atoms with E-state index in [0.717, 1.165) is 17.5 Å². The fourth-order valence-electron chi connectivity index (χ4n) is 2.24. The average Bonchev–Trinajstić information content (AvgIpc) is 2.13. The number of hydrogen-bond donors (Lipinski definition) is 2. The smallest absolute Gasteiger partial charge is 0.307 e. The van der Waals surface area contributed by atoms with Gasteiger partial charge >= 0.3 is 5.97 Å². The lowest BCUT2D eigenvalue weighted by atomic mass is 9.89. The quantitative estimate of drug-likeness (QED) is 0.820. The van der Waals surface area contributed by atoms with Crippen LogP contribution in [-0.2, 0) is 11.2 Å². The average molecular weight is 235 g/mol. The Kier molecular flexibility index (Phi) is 2.83. The van der Waals surface area contributed by atoms with Crippen LogP contribution in [0.3, 0.4) is 0 Å². The van der Waals surface area contributed by atoms with Crippen molar-refractivity contribution in [1.82, 2.24) is 0 Å². The van der Waals surface area contributed by atoms with Crippen LogP contribution in [0.1, 0.15) is 37.4 Å². The second-order valence-electron chi connectivity index (χ2n) is 5.12. The van der Waals surface area contributed by atoms with Crippen molar-refractivity contribution in [2.45, 2.75) is 38.3 Å². The van der Waals surface area contributed by atoms with E-state index in [0.29, 0.717) is 5.75 Å². The summed E-state index contributed by atoms with van der Waals surface area (Å²) in [6.45, 7) is 3.97. The first-order valence-corrected chi connectivity index (χ1v) is 5.66. The van der Waals surface area contributed by atoms with Crippen LogP contribution in [0.15, 0.2) is 18.2 Å². The molecule has 0 saturated heterocycles. The molecule has 1 aliphatic heterocycles. The Balaban J connectivity index is 2.34. The monoisotopic (exact) mass is 235 g/mol. The summed E-state index contributed by atoms with van der Waals surface area (Å²) in [4.78, 5) is 10.7. The van der Waals surface area contributed by atoms with Gasteiger partial charge in [-0.25, -0.2) is 0 Å². The van der Waals surface area contributed by atoms with Crippen LogP contribution in [0.5, 0.6) is 5.75 Å². The summed E-state index contributed by atoms with van der Waals surface area (Å²) >= 11 is 0. The molecule has 0 saturated carbocycles. The standard InChI is InChI=1S/C13H17NO3/c1-13(2)7-10(14)9-4-3-8(6-12(15)16)5-11(9)17-13/h3-5,10H,6-7,14H2,1-2H3,(H,15,16). The molecule has 0 spiro atoms. The third-order valence-electron chi connectivity index (χ3n) is 2.93. The topological polar surface area (TPSA) is 72.6 Å². The van der Waals surface area contributed by atoms with Crippen LogP contribution >= 0.6 is 0 Å². The van der Waals surface area contributed by atoms with Crippen molar-refractivity contribution >= 4 is 5.97 Å². The van der Waals surface area contributed by atoms with Crippen molar-refractivity contribution in [2.24, 2.45) is 5.73 Å². The summed E-state index contributed by atoms with van der Waals surface area (Å²) < 4.78 is 5.84. The summed E-state index contributed by atoms with van der Waals surface area (Å²) in [7, 11) is 0. The minimum atomic E-state index is -0.843. The maximum absolute atomic E-state index is 10.7. The van der Waals surface area contributed by atoms with E-state index in [1.807, 2.05) is 19.9 Å².